The molecule has 8 nitrogen and oxygen atoms in total. The van der Waals surface area contributed by atoms with Gasteiger partial charge < -0.3 is 10.4 Å². The van der Waals surface area contributed by atoms with Gasteiger partial charge in [-0.05, 0) is 6.92 Å². The lowest BCUT2D eigenvalue weighted by molar-refractivity contribution is -0.385. The number of aromatic nitrogens is 2. The van der Waals surface area contributed by atoms with E-state index in [2.05, 4.69) is 10.4 Å². The topological polar surface area (TPSA) is 110 Å². The maximum absolute atomic E-state index is 11.2. The van der Waals surface area contributed by atoms with E-state index in [4.69, 9.17) is 0 Å². The SMILES string of the molecule is Cc1nn(C)c(NCc2ccccc2[N+](=O)[O-])c1C(=O)O. The first-order chi connectivity index (χ1) is 9.91. The van der Waals surface area contributed by atoms with Gasteiger partial charge in [0.15, 0.2) is 0 Å². The highest BCUT2D eigenvalue weighted by molar-refractivity contribution is 5.94. The van der Waals surface area contributed by atoms with Crippen molar-refractivity contribution in [2.24, 2.45) is 7.05 Å². The van der Waals surface area contributed by atoms with E-state index in [0.717, 1.165) is 0 Å². The van der Waals surface area contributed by atoms with Crippen LogP contribution >= 0.6 is 0 Å². The van der Waals surface area contributed by atoms with Crippen LogP contribution < -0.4 is 5.32 Å². The molecule has 0 aliphatic heterocycles. The Morgan fingerprint density at radius 3 is 2.76 bits per heavy atom. The number of aryl methyl sites for hydroxylation is 2. The van der Waals surface area contributed by atoms with Crippen molar-refractivity contribution in [3.63, 3.8) is 0 Å². The normalized spacial score (nSPS) is 10.4. The molecule has 0 radical (unpaired) electrons. The Bertz CT molecular complexity index is 708. The van der Waals surface area contributed by atoms with Gasteiger partial charge in [0, 0.05) is 25.2 Å². The minimum atomic E-state index is -1.09. The Kier molecular flexibility index (Phi) is 3.88. The lowest BCUT2D eigenvalue weighted by Gasteiger charge is -2.08. The first-order valence-electron chi connectivity index (χ1n) is 6.15. The monoisotopic (exact) mass is 290 g/mol. The number of benzene rings is 1. The van der Waals surface area contributed by atoms with Crippen molar-refractivity contribution in [2.45, 2.75) is 13.5 Å². The van der Waals surface area contributed by atoms with Gasteiger partial charge in [-0.3, -0.25) is 14.8 Å². The molecule has 0 fully saturated rings. The van der Waals surface area contributed by atoms with Gasteiger partial charge in [0.2, 0.25) is 0 Å². The first kappa shape index (κ1) is 14.5. The second kappa shape index (κ2) is 5.61. The molecule has 0 aliphatic carbocycles. The number of carboxylic acids is 1. The van der Waals surface area contributed by atoms with Gasteiger partial charge in [-0.15, -0.1) is 0 Å². The van der Waals surface area contributed by atoms with Crippen LogP contribution in [0.2, 0.25) is 0 Å². The van der Waals surface area contributed by atoms with E-state index in [1.807, 2.05) is 0 Å². The maximum atomic E-state index is 11.2. The van der Waals surface area contributed by atoms with Gasteiger partial charge >= 0.3 is 5.97 Å². The van der Waals surface area contributed by atoms with Crippen molar-refractivity contribution in [1.82, 2.24) is 9.78 Å². The number of hydrogen-bond acceptors (Lipinski definition) is 5. The summed E-state index contributed by atoms with van der Waals surface area (Å²) in [6.45, 7) is 1.73. The van der Waals surface area contributed by atoms with Crippen LogP contribution in [0.4, 0.5) is 11.5 Å². The Balaban J connectivity index is 2.29. The van der Waals surface area contributed by atoms with Crippen molar-refractivity contribution in [2.75, 3.05) is 5.32 Å². The molecule has 0 spiro atoms. The number of anilines is 1. The minimum absolute atomic E-state index is 0.0132. The van der Waals surface area contributed by atoms with E-state index in [0.29, 0.717) is 17.1 Å². The summed E-state index contributed by atoms with van der Waals surface area (Å²) in [4.78, 5) is 21.7. The average Bonchev–Trinajstić information content (AvgIpc) is 2.70. The molecule has 0 saturated carbocycles. The number of rotatable bonds is 5. The van der Waals surface area contributed by atoms with Crippen LogP contribution in [0, 0.1) is 17.0 Å². The van der Waals surface area contributed by atoms with Crippen LogP contribution in [0.1, 0.15) is 21.6 Å². The van der Waals surface area contributed by atoms with Gasteiger partial charge in [0.25, 0.3) is 5.69 Å². The Labute approximate surface area is 120 Å². The third-order valence-corrected chi connectivity index (χ3v) is 3.07. The molecule has 2 N–H and O–H groups in total. The highest BCUT2D eigenvalue weighted by Gasteiger charge is 2.20. The van der Waals surface area contributed by atoms with E-state index < -0.39 is 10.9 Å². The van der Waals surface area contributed by atoms with Crippen LogP contribution in [0.15, 0.2) is 24.3 Å². The predicted molar refractivity (Wildman–Crippen MR) is 75.3 cm³/mol. The summed E-state index contributed by atoms with van der Waals surface area (Å²) >= 11 is 0. The molecule has 1 aromatic carbocycles. The molecule has 1 aromatic heterocycles. The summed E-state index contributed by atoms with van der Waals surface area (Å²) in [5, 5.41) is 27.1. The smallest absolute Gasteiger partial charge is 0.341 e. The largest absolute Gasteiger partial charge is 0.477 e. The summed E-state index contributed by atoms with van der Waals surface area (Å²) in [7, 11) is 1.61. The zero-order valence-corrected chi connectivity index (χ0v) is 11.5. The quantitative estimate of drug-likeness (QED) is 0.643. The number of nitro benzene ring substituents is 1. The van der Waals surface area contributed by atoms with Gasteiger partial charge in [0.1, 0.15) is 11.4 Å². The van der Waals surface area contributed by atoms with Crippen molar-refractivity contribution < 1.29 is 14.8 Å². The molecular weight excluding hydrogens is 276 g/mol. The summed E-state index contributed by atoms with van der Waals surface area (Å²) in [6.07, 6.45) is 0. The number of nitrogens with zero attached hydrogens (tertiary/aromatic N) is 3. The molecule has 0 atom stereocenters. The zero-order chi connectivity index (χ0) is 15.6. The molecule has 8 heteroatoms. The molecule has 0 saturated heterocycles. The molecular formula is C13H14N4O4. The van der Waals surface area contributed by atoms with Crippen molar-refractivity contribution in [1.29, 1.82) is 0 Å². The second-order valence-electron chi connectivity index (χ2n) is 4.48. The average molecular weight is 290 g/mol. The number of carboxylic acid groups (broad SMARTS) is 1. The van der Waals surface area contributed by atoms with Crippen LogP contribution in [0.5, 0.6) is 0 Å². The number of para-hydroxylation sites is 1. The lowest BCUT2D eigenvalue weighted by atomic mass is 10.1. The Hall–Kier alpha value is -2.90. The standard InChI is InChI=1S/C13H14N4O4/c1-8-11(13(18)19)12(16(2)15-8)14-7-9-5-3-4-6-10(9)17(20)21/h3-6,14H,7H2,1-2H3,(H,18,19). The van der Waals surface area contributed by atoms with Crippen LogP contribution in [-0.2, 0) is 13.6 Å². The number of nitrogens with one attached hydrogen (secondary N) is 1. The molecule has 0 aliphatic rings. The van der Waals surface area contributed by atoms with E-state index >= 15 is 0 Å². The molecule has 1 heterocycles. The molecule has 0 unspecified atom stereocenters. The summed E-state index contributed by atoms with van der Waals surface area (Å²) in [5.41, 5.74) is 0.907. The minimum Gasteiger partial charge on any atom is -0.477 e. The van der Waals surface area contributed by atoms with Gasteiger partial charge in [-0.25, -0.2) is 4.79 Å². The van der Waals surface area contributed by atoms with E-state index in [1.165, 1.54) is 10.7 Å². The van der Waals surface area contributed by atoms with E-state index in [1.54, 1.807) is 32.2 Å². The fourth-order valence-corrected chi connectivity index (χ4v) is 2.13. The van der Waals surface area contributed by atoms with Crippen LogP contribution in [-0.4, -0.2) is 25.8 Å². The predicted octanol–water partition coefficient (Wildman–Crippen LogP) is 1.95. The highest BCUT2D eigenvalue weighted by Crippen LogP contribution is 2.22. The Morgan fingerprint density at radius 1 is 1.48 bits per heavy atom. The summed E-state index contributed by atoms with van der Waals surface area (Å²) in [6, 6.07) is 6.30. The van der Waals surface area contributed by atoms with Crippen LogP contribution in [0.3, 0.4) is 0 Å². The van der Waals surface area contributed by atoms with Gasteiger partial charge in [0.05, 0.1) is 10.6 Å². The summed E-state index contributed by atoms with van der Waals surface area (Å²) < 4.78 is 1.41. The highest BCUT2D eigenvalue weighted by atomic mass is 16.6. The number of aromatic carboxylic acids is 1. The molecule has 2 aromatic rings. The second-order valence-corrected chi connectivity index (χ2v) is 4.48. The number of hydrogen-bond donors (Lipinski definition) is 2. The lowest BCUT2D eigenvalue weighted by Crippen LogP contribution is -2.10. The third-order valence-electron chi connectivity index (χ3n) is 3.07. The fourth-order valence-electron chi connectivity index (χ4n) is 2.13. The number of nitro groups is 1. The molecule has 0 amide bonds. The fraction of sp³-hybridized carbons (Fsp3) is 0.231. The van der Waals surface area contributed by atoms with Gasteiger partial charge in [-0.1, -0.05) is 18.2 Å². The molecule has 21 heavy (non-hydrogen) atoms. The van der Waals surface area contributed by atoms with Crippen LogP contribution in [0.25, 0.3) is 0 Å². The van der Waals surface area contributed by atoms with E-state index in [9.17, 15) is 20.0 Å². The number of carbonyl (C=O) groups is 1. The maximum Gasteiger partial charge on any atom is 0.341 e. The van der Waals surface area contributed by atoms with Crippen molar-refractivity contribution >= 4 is 17.5 Å². The van der Waals surface area contributed by atoms with Gasteiger partial charge in [-0.2, -0.15) is 5.10 Å². The molecule has 110 valence electrons. The molecule has 2 rings (SSSR count). The zero-order valence-electron chi connectivity index (χ0n) is 11.5. The van der Waals surface area contributed by atoms with Crippen molar-refractivity contribution in [3.05, 3.63) is 51.2 Å². The van der Waals surface area contributed by atoms with Crippen molar-refractivity contribution in [3.8, 4) is 0 Å². The first-order valence-corrected chi connectivity index (χ1v) is 6.15. The third kappa shape index (κ3) is 2.83. The van der Waals surface area contributed by atoms with E-state index in [-0.39, 0.29) is 17.8 Å². The molecule has 0 bridgehead atoms. The Morgan fingerprint density at radius 2 is 2.14 bits per heavy atom. The summed E-state index contributed by atoms with van der Waals surface area (Å²) in [5.74, 6) is -0.774.